The second kappa shape index (κ2) is 5.78. The van der Waals surface area contributed by atoms with Gasteiger partial charge in [-0.25, -0.2) is 4.40 Å². The van der Waals surface area contributed by atoms with Gasteiger partial charge in [0.05, 0.1) is 6.61 Å². The molecule has 2 aliphatic rings. The van der Waals surface area contributed by atoms with Crippen LogP contribution in [0.15, 0.2) is 21.1 Å². The quantitative estimate of drug-likeness (QED) is 0.461. The predicted octanol–water partition coefficient (Wildman–Crippen LogP) is 0.887. The van der Waals surface area contributed by atoms with Crippen molar-refractivity contribution in [2.45, 2.75) is 6.42 Å². The Kier molecular flexibility index (Phi) is 4.63. The molecule has 0 saturated heterocycles. The Morgan fingerprint density at radius 3 is 2.50 bits per heavy atom. The van der Waals surface area contributed by atoms with Crippen LogP contribution in [-0.2, 0) is 18.7 Å². The molecule has 14 heavy (non-hydrogen) atoms. The monoisotopic (exact) mass is 236 g/mol. The number of allylic oxidation sites excluding steroid dienone is 1. The van der Waals surface area contributed by atoms with Crippen LogP contribution in [0.25, 0.3) is 0 Å². The molecule has 0 aromatic heterocycles. The van der Waals surface area contributed by atoms with E-state index in [2.05, 4.69) is 13.0 Å². The molecule has 0 fully saturated rings. The van der Waals surface area contributed by atoms with Gasteiger partial charge in [-0.1, -0.05) is 0 Å². The SMILES string of the molecule is C1=NSOCC1.O=S1(=O)N=CC=CO1. The summed E-state index contributed by atoms with van der Waals surface area (Å²) in [5, 5.41) is 0. The number of nitrogens with zero attached hydrogens (tertiary/aromatic N) is 2. The largest absolute Gasteiger partial charge is 0.427 e. The number of hydrogen-bond donors (Lipinski definition) is 0. The molecule has 0 N–H and O–H groups in total. The Morgan fingerprint density at radius 2 is 2.29 bits per heavy atom. The molecule has 6 nitrogen and oxygen atoms in total. The smallest absolute Gasteiger partial charge is 0.373 e. The van der Waals surface area contributed by atoms with Crippen molar-refractivity contribution in [3.05, 3.63) is 12.3 Å². The minimum Gasteiger partial charge on any atom is -0.373 e. The number of rotatable bonds is 0. The first-order valence-corrected chi connectivity index (χ1v) is 5.71. The molecule has 2 aliphatic heterocycles. The van der Waals surface area contributed by atoms with Crippen molar-refractivity contribution < 1.29 is 16.8 Å². The first-order chi connectivity index (χ1) is 6.71. The maximum absolute atomic E-state index is 10.2. The summed E-state index contributed by atoms with van der Waals surface area (Å²) in [7, 11) is -3.60. The van der Waals surface area contributed by atoms with Crippen LogP contribution in [0.2, 0.25) is 0 Å². The summed E-state index contributed by atoms with van der Waals surface area (Å²) < 4.78 is 36.0. The summed E-state index contributed by atoms with van der Waals surface area (Å²) in [5.74, 6) is 0. The van der Waals surface area contributed by atoms with E-state index < -0.39 is 10.3 Å². The van der Waals surface area contributed by atoms with Gasteiger partial charge in [0.2, 0.25) is 0 Å². The molecule has 8 heteroatoms. The second-order valence-corrected chi connectivity index (χ2v) is 3.93. The third-order valence-electron chi connectivity index (χ3n) is 1.03. The van der Waals surface area contributed by atoms with E-state index in [1.807, 2.05) is 6.21 Å². The van der Waals surface area contributed by atoms with Crippen LogP contribution in [0.3, 0.4) is 0 Å². The Bertz CT molecular complexity index is 339. The van der Waals surface area contributed by atoms with Gasteiger partial charge in [0.25, 0.3) is 0 Å². The fourth-order valence-corrected chi connectivity index (χ4v) is 1.40. The lowest BCUT2D eigenvalue weighted by molar-refractivity contribution is 0.385. The van der Waals surface area contributed by atoms with Crippen molar-refractivity contribution in [1.29, 1.82) is 0 Å². The lowest BCUT2D eigenvalue weighted by Crippen LogP contribution is -1.99. The molecule has 0 spiro atoms. The fraction of sp³-hybridized carbons (Fsp3) is 0.333. The van der Waals surface area contributed by atoms with Crippen LogP contribution in [-0.4, -0.2) is 27.5 Å². The topological polar surface area (TPSA) is 77.3 Å². The molecule has 2 heterocycles. The highest BCUT2D eigenvalue weighted by atomic mass is 32.2. The highest BCUT2D eigenvalue weighted by molar-refractivity contribution is 7.93. The van der Waals surface area contributed by atoms with Gasteiger partial charge >= 0.3 is 10.3 Å². The average molecular weight is 236 g/mol. The zero-order chi connectivity index (χ0) is 10.3. The normalized spacial score (nSPS) is 22.0. The van der Waals surface area contributed by atoms with E-state index >= 15 is 0 Å². The molecule has 0 amide bonds. The van der Waals surface area contributed by atoms with Crippen LogP contribution in [0.1, 0.15) is 6.42 Å². The molecule has 78 valence electrons. The van der Waals surface area contributed by atoms with Crippen LogP contribution in [0, 0.1) is 0 Å². The average Bonchev–Trinajstić information content (AvgIpc) is 2.21. The summed E-state index contributed by atoms with van der Waals surface area (Å²) in [6.07, 6.45) is 6.42. The van der Waals surface area contributed by atoms with Gasteiger partial charge in [-0.05, 0) is 6.08 Å². The summed E-state index contributed by atoms with van der Waals surface area (Å²) in [4.78, 5) is 0. The molecule has 0 atom stereocenters. The zero-order valence-electron chi connectivity index (χ0n) is 7.07. The summed E-state index contributed by atoms with van der Waals surface area (Å²) in [6.45, 7) is 0.814. The standard InChI is InChI=1S/C3H3NO3S.C3H5NOS/c5-8(6)4-2-1-3-7-8;1-2-4-6-5-3-1/h1-3H;2H,1,3H2. The highest BCUT2D eigenvalue weighted by Crippen LogP contribution is 2.07. The second-order valence-electron chi connectivity index (χ2n) is 2.08. The molecule has 0 aliphatic carbocycles. The van der Waals surface area contributed by atoms with Gasteiger partial charge in [-0.3, -0.25) is 4.18 Å². The van der Waals surface area contributed by atoms with Crippen LogP contribution in [0.4, 0.5) is 0 Å². The molecular weight excluding hydrogens is 228 g/mol. The first-order valence-electron chi connectivity index (χ1n) is 3.65. The van der Waals surface area contributed by atoms with E-state index in [0.717, 1.165) is 37.7 Å². The third kappa shape index (κ3) is 5.00. The Balaban J connectivity index is 0.000000146. The summed E-state index contributed by atoms with van der Waals surface area (Å²) >= 11 is 1.16. The van der Waals surface area contributed by atoms with Crippen molar-refractivity contribution in [2.24, 2.45) is 8.80 Å². The van der Waals surface area contributed by atoms with Crippen molar-refractivity contribution in [3.63, 3.8) is 0 Å². The highest BCUT2D eigenvalue weighted by Gasteiger charge is 2.05. The summed E-state index contributed by atoms with van der Waals surface area (Å²) in [5.41, 5.74) is 0. The van der Waals surface area contributed by atoms with Crippen molar-refractivity contribution in [3.8, 4) is 0 Å². The first kappa shape index (κ1) is 11.2. The number of hydrogen-bond acceptors (Lipinski definition) is 6. The molecule has 0 bridgehead atoms. The van der Waals surface area contributed by atoms with E-state index in [1.54, 1.807) is 0 Å². The van der Waals surface area contributed by atoms with Crippen molar-refractivity contribution in [1.82, 2.24) is 0 Å². The maximum Gasteiger partial charge on any atom is 0.427 e. The predicted molar refractivity (Wildman–Crippen MR) is 54.3 cm³/mol. The van der Waals surface area contributed by atoms with Gasteiger partial charge in [0, 0.05) is 18.9 Å². The van der Waals surface area contributed by atoms with Crippen LogP contribution < -0.4 is 0 Å². The van der Waals surface area contributed by atoms with Gasteiger partial charge in [-0.15, -0.1) is 4.40 Å². The van der Waals surface area contributed by atoms with Gasteiger partial charge in [0.1, 0.15) is 18.5 Å². The Morgan fingerprint density at radius 1 is 1.43 bits per heavy atom. The molecular formula is C6H8N2O4S2. The zero-order valence-corrected chi connectivity index (χ0v) is 8.70. The van der Waals surface area contributed by atoms with Gasteiger partial charge in [0.15, 0.2) is 0 Å². The van der Waals surface area contributed by atoms with Crippen LogP contribution in [0.5, 0.6) is 0 Å². The minimum atomic E-state index is -3.60. The van der Waals surface area contributed by atoms with E-state index in [1.165, 1.54) is 6.08 Å². The van der Waals surface area contributed by atoms with Crippen LogP contribution >= 0.6 is 12.2 Å². The molecule has 0 unspecified atom stereocenters. The third-order valence-corrected chi connectivity index (χ3v) is 2.27. The lowest BCUT2D eigenvalue weighted by atomic mass is 10.5. The van der Waals surface area contributed by atoms with E-state index in [0.29, 0.717) is 0 Å². The molecule has 2 rings (SSSR count). The Labute approximate surface area is 86.3 Å². The molecule has 0 aromatic carbocycles. The molecule has 0 saturated carbocycles. The van der Waals surface area contributed by atoms with Gasteiger partial charge in [-0.2, -0.15) is 8.42 Å². The fourth-order valence-electron chi connectivity index (χ4n) is 0.524. The maximum atomic E-state index is 10.2. The van der Waals surface area contributed by atoms with E-state index in [-0.39, 0.29) is 0 Å². The van der Waals surface area contributed by atoms with E-state index in [4.69, 9.17) is 4.18 Å². The van der Waals surface area contributed by atoms with E-state index in [9.17, 15) is 8.42 Å². The van der Waals surface area contributed by atoms with Crippen molar-refractivity contribution in [2.75, 3.05) is 6.61 Å². The molecule has 0 radical (unpaired) electrons. The van der Waals surface area contributed by atoms with Crippen molar-refractivity contribution >= 4 is 35.0 Å². The minimum absolute atomic E-state index is 0.814. The summed E-state index contributed by atoms with van der Waals surface area (Å²) in [6, 6.07) is 0. The molecule has 0 aromatic rings. The Hall–Kier alpha value is -0.860. The lowest BCUT2D eigenvalue weighted by Gasteiger charge is -1.97. The van der Waals surface area contributed by atoms with Gasteiger partial charge < -0.3 is 4.18 Å².